The second kappa shape index (κ2) is 11.4. The van der Waals surface area contributed by atoms with Crippen molar-refractivity contribution in [1.82, 2.24) is 10.2 Å². The van der Waals surface area contributed by atoms with Gasteiger partial charge in [0.15, 0.2) is 5.11 Å². The molecule has 1 aliphatic rings. The summed E-state index contributed by atoms with van der Waals surface area (Å²) in [4.78, 5) is 29.5. The molecule has 180 valence electrons. The summed E-state index contributed by atoms with van der Waals surface area (Å²) in [7, 11) is 0. The smallest absolute Gasteiger partial charge is 0.258 e. The molecule has 0 aliphatic carbocycles. The average molecular weight is 592 g/mol. The number of anilines is 2. The van der Waals surface area contributed by atoms with E-state index in [-0.39, 0.29) is 11.0 Å². The fraction of sp³-hybridized carbons (Fsp3) is 0.160. The molecule has 0 saturated carbocycles. The van der Waals surface area contributed by atoms with Crippen LogP contribution in [0.5, 0.6) is 0 Å². The third-order valence-corrected chi connectivity index (χ3v) is 6.83. The van der Waals surface area contributed by atoms with Crippen molar-refractivity contribution in [2.24, 2.45) is 0 Å². The molecule has 0 aromatic heterocycles. The Labute approximate surface area is 227 Å². The maximum Gasteiger partial charge on any atom is 0.258 e. The molecule has 1 saturated heterocycles. The number of rotatable bonds is 4. The van der Waals surface area contributed by atoms with Crippen molar-refractivity contribution in [3.63, 3.8) is 0 Å². The van der Waals surface area contributed by atoms with Crippen molar-refractivity contribution < 1.29 is 9.59 Å². The molecule has 0 spiro atoms. The van der Waals surface area contributed by atoms with Gasteiger partial charge in [-0.2, -0.15) is 0 Å². The summed E-state index contributed by atoms with van der Waals surface area (Å²) in [6, 6.07) is 19.7. The van der Waals surface area contributed by atoms with Crippen LogP contribution in [0.15, 0.2) is 71.2 Å². The van der Waals surface area contributed by atoms with E-state index in [0.29, 0.717) is 47.4 Å². The van der Waals surface area contributed by atoms with Gasteiger partial charge in [-0.1, -0.05) is 51.3 Å². The number of carbonyl (C=O) groups is 2. The highest BCUT2D eigenvalue weighted by Crippen LogP contribution is 2.27. The molecular weight excluding hydrogens is 571 g/mol. The Balaban J connectivity index is 1.39. The van der Waals surface area contributed by atoms with Crippen LogP contribution in [0.2, 0.25) is 10.0 Å². The fourth-order valence-electron chi connectivity index (χ4n) is 3.78. The molecule has 0 unspecified atom stereocenters. The van der Waals surface area contributed by atoms with E-state index in [9.17, 15) is 9.59 Å². The summed E-state index contributed by atoms with van der Waals surface area (Å²) < 4.78 is 0.741. The molecule has 0 atom stereocenters. The number of amides is 2. The summed E-state index contributed by atoms with van der Waals surface area (Å²) in [5.41, 5.74) is 2.63. The Morgan fingerprint density at radius 2 is 1.60 bits per heavy atom. The van der Waals surface area contributed by atoms with Crippen molar-refractivity contribution in [2.45, 2.75) is 0 Å². The van der Waals surface area contributed by atoms with Crippen LogP contribution >= 0.6 is 51.3 Å². The van der Waals surface area contributed by atoms with Crippen molar-refractivity contribution in [2.75, 3.05) is 36.4 Å². The van der Waals surface area contributed by atoms with Crippen molar-refractivity contribution in [3.8, 4) is 0 Å². The predicted molar refractivity (Wildman–Crippen MR) is 149 cm³/mol. The zero-order valence-electron chi connectivity index (χ0n) is 18.4. The Kier molecular flexibility index (Phi) is 8.28. The Morgan fingerprint density at radius 1 is 0.914 bits per heavy atom. The van der Waals surface area contributed by atoms with Crippen LogP contribution in [0.4, 0.5) is 11.4 Å². The van der Waals surface area contributed by atoms with Crippen LogP contribution in [0.1, 0.15) is 20.7 Å². The second-order valence-electron chi connectivity index (χ2n) is 7.84. The number of thiocarbonyl (C=S) groups is 1. The number of carbonyl (C=O) groups excluding carboxylic acids is 2. The van der Waals surface area contributed by atoms with Crippen LogP contribution < -0.4 is 15.5 Å². The molecule has 0 radical (unpaired) electrons. The van der Waals surface area contributed by atoms with Crippen LogP contribution in [-0.4, -0.2) is 48.0 Å². The molecule has 2 amide bonds. The maximum absolute atomic E-state index is 12.8. The van der Waals surface area contributed by atoms with E-state index in [2.05, 4.69) is 31.5 Å². The molecule has 3 aromatic rings. The van der Waals surface area contributed by atoms with Crippen LogP contribution in [0.3, 0.4) is 0 Å². The number of hydrogen-bond acceptors (Lipinski definition) is 4. The van der Waals surface area contributed by atoms with Crippen LogP contribution in [0.25, 0.3) is 0 Å². The van der Waals surface area contributed by atoms with E-state index >= 15 is 0 Å². The third-order valence-electron chi connectivity index (χ3n) is 5.55. The minimum atomic E-state index is -0.402. The number of hydrogen-bond donors (Lipinski definition) is 2. The molecule has 3 aromatic carbocycles. The molecular formula is C25H21BrCl2N4O2S. The number of nitrogens with one attached hydrogen (secondary N) is 2. The summed E-state index contributed by atoms with van der Waals surface area (Å²) in [6.45, 7) is 2.48. The van der Waals surface area contributed by atoms with Gasteiger partial charge in [-0.15, -0.1) is 0 Å². The Hall–Kier alpha value is -2.65. The summed E-state index contributed by atoms with van der Waals surface area (Å²) in [5.74, 6) is -0.413. The SMILES string of the molecule is O=C(NC(=S)Nc1ccccc1N1CCN(C(=O)c2ccc(Cl)cc2)CC1)c1cc(Br)ccc1Cl. The van der Waals surface area contributed by atoms with Crippen molar-refractivity contribution in [1.29, 1.82) is 0 Å². The molecule has 0 bridgehead atoms. The predicted octanol–water partition coefficient (Wildman–Crippen LogP) is 5.85. The Morgan fingerprint density at radius 3 is 2.31 bits per heavy atom. The van der Waals surface area contributed by atoms with Gasteiger partial charge < -0.3 is 15.1 Å². The van der Waals surface area contributed by atoms with E-state index in [0.717, 1.165) is 15.8 Å². The lowest BCUT2D eigenvalue weighted by molar-refractivity contribution is 0.0746. The lowest BCUT2D eigenvalue weighted by Gasteiger charge is -2.37. The van der Waals surface area contributed by atoms with Gasteiger partial charge in [-0.3, -0.25) is 14.9 Å². The Bertz CT molecular complexity index is 1260. The molecule has 1 fully saturated rings. The van der Waals surface area contributed by atoms with E-state index in [1.54, 1.807) is 42.5 Å². The lowest BCUT2D eigenvalue weighted by atomic mass is 10.1. The van der Waals surface area contributed by atoms with Crippen molar-refractivity contribution in [3.05, 3.63) is 92.4 Å². The zero-order chi connectivity index (χ0) is 24.9. The molecule has 4 rings (SSSR count). The number of nitrogens with zero attached hydrogens (tertiary/aromatic N) is 2. The van der Waals surface area contributed by atoms with Gasteiger partial charge in [0, 0.05) is 41.2 Å². The fourth-order valence-corrected chi connectivity index (χ4v) is 4.67. The van der Waals surface area contributed by atoms with E-state index in [1.807, 2.05) is 29.2 Å². The van der Waals surface area contributed by atoms with Gasteiger partial charge in [-0.25, -0.2) is 0 Å². The quantitative estimate of drug-likeness (QED) is 0.373. The van der Waals surface area contributed by atoms with E-state index in [1.165, 1.54) is 0 Å². The molecule has 2 N–H and O–H groups in total. The molecule has 10 heteroatoms. The molecule has 35 heavy (non-hydrogen) atoms. The first-order valence-corrected chi connectivity index (χ1v) is 12.7. The first kappa shape index (κ1) is 25.4. The molecule has 6 nitrogen and oxygen atoms in total. The monoisotopic (exact) mass is 590 g/mol. The standard InChI is InChI=1S/C25H21BrCl2N4O2S/c26-17-7-10-20(28)19(15-17)23(33)30-25(35)29-21-3-1-2-4-22(21)31-11-13-32(14-12-31)24(34)16-5-8-18(27)9-6-16/h1-10,15H,11-14H2,(H2,29,30,33,35). The third kappa shape index (κ3) is 6.32. The van der Waals surface area contributed by atoms with Gasteiger partial charge in [0.2, 0.25) is 0 Å². The highest BCUT2D eigenvalue weighted by Gasteiger charge is 2.24. The zero-order valence-corrected chi connectivity index (χ0v) is 22.3. The average Bonchev–Trinajstić information content (AvgIpc) is 2.86. The van der Waals surface area contributed by atoms with Crippen LogP contribution in [0, 0.1) is 0 Å². The van der Waals surface area contributed by atoms with E-state index < -0.39 is 5.91 Å². The summed E-state index contributed by atoms with van der Waals surface area (Å²) in [6.07, 6.45) is 0. The summed E-state index contributed by atoms with van der Waals surface area (Å²) >= 11 is 20.8. The molecule has 1 aliphatic heterocycles. The second-order valence-corrected chi connectivity index (χ2v) is 10.0. The summed E-state index contributed by atoms with van der Waals surface area (Å²) in [5, 5.41) is 6.90. The van der Waals surface area contributed by atoms with Gasteiger partial charge in [-0.05, 0) is 66.8 Å². The topological polar surface area (TPSA) is 64.7 Å². The maximum atomic E-state index is 12.8. The number of piperazine rings is 1. The van der Waals surface area contributed by atoms with Crippen LogP contribution in [-0.2, 0) is 0 Å². The lowest BCUT2D eigenvalue weighted by Crippen LogP contribution is -2.49. The first-order valence-electron chi connectivity index (χ1n) is 10.8. The van der Waals surface area contributed by atoms with Gasteiger partial charge in [0.25, 0.3) is 11.8 Å². The minimum absolute atomic E-state index is 0.0113. The van der Waals surface area contributed by atoms with Gasteiger partial charge in [0.05, 0.1) is 22.0 Å². The number of benzene rings is 3. The van der Waals surface area contributed by atoms with Crippen molar-refractivity contribution >= 4 is 79.7 Å². The van der Waals surface area contributed by atoms with E-state index in [4.69, 9.17) is 35.4 Å². The van der Waals surface area contributed by atoms with Gasteiger partial charge >= 0.3 is 0 Å². The first-order chi connectivity index (χ1) is 16.8. The van der Waals surface area contributed by atoms with Gasteiger partial charge in [0.1, 0.15) is 0 Å². The number of para-hydroxylation sites is 2. The highest BCUT2D eigenvalue weighted by molar-refractivity contribution is 9.10. The largest absolute Gasteiger partial charge is 0.366 e. The normalized spacial score (nSPS) is 13.3. The molecule has 1 heterocycles. The minimum Gasteiger partial charge on any atom is -0.366 e. The number of halogens is 3. The highest BCUT2D eigenvalue weighted by atomic mass is 79.9.